The van der Waals surface area contributed by atoms with E-state index in [1.165, 1.54) is 0 Å². The molecule has 1 heterocycles. The van der Waals surface area contributed by atoms with Crippen molar-refractivity contribution >= 4 is 11.8 Å². The van der Waals surface area contributed by atoms with Gasteiger partial charge >= 0.3 is 0 Å². The lowest BCUT2D eigenvalue weighted by atomic mass is 9.77. The van der Waals surface area contributed by atoms with Crippen LogP contribution in [0.3, 0.4) is 0 Å². The summed E-state index contributed by atoms with van der Waals surface area (Å²) in [5.41, 5.74) is 0.739. The van der Waals surface area contributed by atoms with Gasteiger partial charge in [-0.25, -0.2) is 0 Å². The van der Waals surface area contributed by atoms with E-state index in [1.54, 1.807) is 7.11 Å². The fourth-order valence-electron chi connectivity index (χ4n) is 3.77. The van der Waals surface area contributed by atoms with Crippen molar-refractivity contribution in [1.82, 2.24) is 10.2 Å². The van der Waals surface area contributed by atoms with Gasteiger partial charge in [0.2, 0.25) is 11.8 Å². The average molecular weight is 344 g/mol. The van der Waals surface area contributed by atoms with Crippen molar-refractivity contribution in [2.75, 3.05) is 20.2 Å². The zero-order valence-electron chi connectivity index (χ0n) is 15.0. The maximum Gasteiger partial charge on any atom is 0.245 e. The standard InChI is InChI=1S/C20H28N2O3/c1-25-20(10-7-11-20)15-18(23)21-17(14-16-8-3-2-4-9-16)19(24)22-12-5-6-13-22/h2-4,8-9,17H,5-7,10-15H2,1H3,(H,21,23). The Labute approximate surface area is 149 Å². The lowest BCUT2D eigenvalue weighted by Crippen LogP contribution is -2.51. The highest BCUT2D eigenvalue weighted by Gasteiger charge is 2.40. The Kier molecular flexibility index (Phi) is 5.74. The van der Waals surface area contributed by atoms with Crippen molar-refractivity contribution in [2.24, 2.45) is 0 Å². The maximum absolute atomic E-state index is 12.9. The van der Waals surface area contributed by atoms with E-state index in [2.05, 4.69) is 5.32 Å². The molecule has 2 amide bonds. The number of nitrogens with zero attached hydrogens (tertiary/aromatic N) is 1. The van der Waals surface area contributed by atoms with Crippen LogP contribution >= 0.6 is 0 Å². The molecule has 5 heteroatoms. The second-order valence-corrected chi connectivity index (χ2v) is 7.26. The second kappa shape index (κ2) is 8.00. The highest BCUT2D eigenvalue weighted by atomic mass is 16.5. The summed E-state index contributed by atoms with van der Waals surface area (Å²) in [6.45, 7) is 1.59. The molecule has 136 valence electrons. The number of benzene rings is 1. The van der Waals surface area contributed by atoms with Gasteiger partial charge < -0.3 is 15.0 Å². The van der Waals surface area contributed by atoms with Crippen LogP contribution in [0, 0.1) is 0 Å². The smallest absolute Gasteiger partial charge is 0.245 e. The zero-order chi connectivity index (χ0) is 17.7. The Morgan fingerprint density at radius 2 is 1.84 bits per heavy atom. The Morgan fingerprint density at radius 3 is 2.40 bits per heavy atom. The van der Waals surface area contributed by atoms with Crippen LogP contribution in [-0.4, -0.2) is 48.6 Å². The fraction of sp³-hybridized carbons (Fsp3) is 0.600. The van der Waals surface area contributed by atoms with Gasteiger partial charge in [-0.3, -0.25) is 9.59 Å². The summed E-state index contributed by atoms with van der Waals surface area (Å²) >= 11 is 0. The van der Waals surface area contributed by atoms with Crippen LogP contribution in [0.4, 0.5) is 0 Å². The van der Waals surface area contributed by atoms with Crippen molar-refractivity contribution in [3.05, 3.63) is 35.9 Å². The second-order valence-electron chi connectivity index (χ2n) is 7.26. The number of carbonyl (C=O) groups excluding carboxylic acids is 2. The number of nitrogens with one attached hydrogen (secondary N) is 1. The van der Waals surface area contributed by atoms with Gasteiger partial charge in [0.25, 0.3) is 0 Å². The number of rotatable bonds is 7. The molecule has 2 fully saturated rings. The Bertz CT molecular complexity index is 587. The predicted octanol–water partition coefficient (Wildman–Crippen LogP) is 2.30. The quantitative estimate of drug-likeness (QED) is 0.826. The van der Waals surface area contributed by atoms with Crippen molar-refractivity contribution in [2.45, 2.75) is 56.6 Å². The molecule has 0 radical (unpaired) electrons. The lowest BCUT2D eigenvalue weighted by molar-refractivity contribution is -0.140. The fourth-order valence-corrected chi connectivity index (χ4v) is 3.77. The van der Waals surface area contributed by atoms with Crippen LogP contribution in [0.5, 0.6) is 0 Å². The monoisotopic (exact) mass is 344 g/mol. The first kappa shape index (κ1) is 17.9. The van der Waals surface area contributed by atoms with Gasteiger partial charge in [0.15, 0.2) is 0 Å². The molecule has 1 saturated carbocycles. The van der Waals surface area contributed by atoms with E-state index in [1.807, 2.05) is 35.2 Å². The Hall–Kier alpha value is -1.88. The molecule has 1 N–H and O–H groups in total. The SMILES string of the molecule is COC1(CC(=O)NC(Cc2ccccc2)C(=O)N2CCCC2)CCC1. The molecule has 1 aliphatic carbocycles. The third kappa shape index (κ3) is 4.40. The summed E-state index contributed by atoms with van der Waals surface area (Å²) in [6.07, 6.45) is 5.89. The van der Waals surface area contributed by atoms with Crippen LogP contribution in [0.15, 0.2) is 30.3 Å². The molecule has 25 heavy (non-hydrogen) atoms. The molecule has 1 atom stereocenters. The molecule has 1 saturated heterocycles. The number of hydrogen-bond donors (Lipinski definition) is 1. The number of amides is 2. The summed E-state index contributed by atoms with van der Waals surface area (Å²) in [4.78, 5) is 27.3. The molecule has 1 aromatic rings. The number of hydrogen-bond acceptors (Lipinski definition) is 3. The highest BCUT2D eigenvalue weighted by molar-refractivity contribution is 5.88. The van der Waals surface area contributed by atoms with Crippen molar-refractivity contribution < 1.29 is 14.3 Å². The molecule has 0 aromatic heterocycles. The summed E-state index contributed by atoms with van der Waals surface area (Å²) in [6, 6.07) is 9.38. The average Bonchev–Trinajstić information content (AvgIpc) is 3.12. The van der Waals surface area contributed by atoms with Gasteiger partial charge in [0, 0.05) is 26.6 Å². The van der Waals surface area contributed by atoms with E-state index in [0.717, 1.165) is 50.8 Å². The summed E-state index contributed by atoms with van der Waals surface area (Å²) in [5, 5.41) is 2.99. The minimum Gasteiger partial charge on any atom is -0.378 e. The first-order valence-electron chi connectivity index (χ1n) is 9.29. The number of ether oxygens (including phenoxy) is 1. The predicted molar refractivity (Wildman–Crippen MR) is 96.1 cm³/mol. The van der Waals surface area contributed by atoms with Crippen LogP contribution in [0.1, 0.15) is 44.1 Å². The molecule has 3 rings (SSSR count). The third-order valence-electron chi connectivity index (χ3n) is 5.51. The minimum absolute atomic E-state index is 0.0368. The van der Waals surface area contributed by atoms with E-state index in [9.17, 15) is 9.59 Å². The molecular formula is C20H28N2O3. The number of carbonyl (C=O) groups is 2. The largest absolute Gasteiger partial charge is 0.378 e. The topological polar surface area (TPSA) is 58.6 Å². The Morgan fingerprint density at radius 1 is 1.16 bits per heavy atom. The van der Waals surface area contributed by atoms with Crippen molar-refractivity contribution in [3.8, 4) is 0 Å². The zero-order valence-corrected chi connectivity index (χ0v) is 15.0. The van der Waals surface area contributed by atoms with Crippen LogP contribution in [0.2, 0.25) is 0 Å². The van der Waals surface area contributed by atoms with Gasteiger partial charge in [-0.1, -0.05) is 30.3 Å². The van der Waals surface area contributed by atoms with Crippen LogP contribution in [-0.2, 0) is 20.7 Å². The summed E-state index contributed by atoms with van der Waals surface area (Å²) < 4.78 is 5.55. The van der Waals surface area contributed by atoms with E-state index < -0.39 is 6.04 Å². The summed E-state index contributed by atoms with van der Waals surface area (Å²) in [7, 11) is 1.67. The molecule has 0 bridgehead atoms. The summed E-state index contributed by atoms with van der Waals surface area (Å²) in [5.74, 6) is -0.0511. The first-order chi connectivity index (χ1) is 12.1. The lowest BCUT2D eigenvalue weighted by Gasteiger charge is -2.40. The third-order valence-corrected chi connectivity index (χ3v) is 5.51. The number of methoxy groups -OCH3 is 1. The molecule has 1 aromatic carbocycles. The van der Waals surface area contributed by atoms with E-state index in [-0.39, 0.29) is 17.4 Å². The van der Waals surface area contributed by atoms with Crippen LogP contribution < -0.4 is 5.32 Å². The molecule has 0 spiro atoms. The molecule has 2 aliphatic rings. The van der Waals surface area contributed by atoms with E-state index in [0.29, 0.717) is 12.8 Å². The Balaban J connectivity index is 1.66. The van der Waals surface area contributed by atoms with E-state index in [4.69, 9.17) is 4.74 Å². The maximum atomic E-state index is 12.9. The molecule has 1 unspecified atom stereocenters. The molecule has 1 aliphatic heterocycles. The molecular weight excluding hydrogens is 316 g/mol. The van der Waals surface area contributed by atoms with Gasteiger partial charge in [0.05, 0.1) is 12.0 Å². The van der Waals surface area contributed by atoms with Crippen LogP contribution in [0.25, 0.3) is 0 Å². The van der Waals surface area contributed by atoms with Gasteiger partial charge in [-0.15, -0.1) is 0 Å². The highest BCUT2D eigenvalue weighted by Crippen LogP contribution is 2.37. The van der Waals surface area contributed by atoms with Gasteiger partial charge in [0.1, 0.15) is 6.04 Å². The van der Waals surface area contributed by atoms with Crippen molar-refractivity contribution in [3.63, 3.8) is 0 Å². The van der Waals surface area contributed by atoms with Gasteiger partial charge in [-0.2, -0.15) is 0 Å². The first-order valence-corrected chi connectivity index (χ1v) is 9.29. The minimum atomic E-state index is -0.498. The van der Waals surface area contributed by atoms with Gasteiger partial charge in [-0.05, 0) is 37.7 Å². The molecule has 5 nitrogen and oxygen atoms in total. The normalized spacial score (nSPS) is 20.0. The van der Waals surface area contributed by atoms with Crippen molar-refractivity contribution in [1.29, 1.82) is 0 Å². The number of likely N-dealkylation sites (tertiary alicyclic amines) is 1. The van der Waals surface area contributed by atoms with E-state index >= 15 is 0 Å².